The number of carboxylic acids is 1. The van der Waals surface area contributed by atoms with Gasteiger partial charge in [0.25, 0.3) is 0 Å². The van der Waals surface area contributed by atoms with Crippen LogP contribution in [-0.2, 0) is 19.4 Å². The highest BCUT2D eigenvalue weighted by atomic mass is 32.2. The van der Waals surface area contributed by atoms with Crippen molar-refractivity contribution in [3.05, 3.63) is 0 Å². The van der Waals surface area contributed by atoms with E-state index < -0.39 is 33.5 Å². The molecule has 0 spiro atoms. The highest BCUT2D eigenvalue weighted by Gasteiger charge is 2.23. The molecule has 0 aromatic carbocycles. The summed E-state index contributed by atoms with van der Waals surface area (Å²) in [4.78, 5) is 22.4. The van der Waals surface area contributed by atoms with Crippen LogP contribution in [0.15, 0.2) is 0 Å². The number of carboxylic acid groups (broad SMARTS) is 1. The van der Waals surface area contributed by atoms with Gasteiger partial charge in [0.05, 0.1) is 5.75 Å². The van der Waals surface area contributed by atoms with E-state index in [9.17, 15) is 18.0 Å². The van der Waals surface area contributed by atoms with Crippen LogP contribution < -0.4 is 5.32 Å². The predicted molar refractivity (Wildman–Crippen MR) is 68.0 cm³/mol. The molecule has 1 unspecified atom stereocenters. The van der Waals surface area contributed by atoms with E-state index in [2.05, 4.69) is 5.32 Å². The number of sulfone groups is 1. The summed E-state index contributed by atoms with van der Waals surface area (Å²) >= 11 is 0. The van der Waals surface area contributed by atoms with E-state index in [1.54, 1.807) is 6.92 Å². The van der Waals surface area contributed by atoms with Crippen LogP contribution in [0.2, 0.25) is 0 Å². The Labute approximate surface area is 108 Å². The van der Waals surface area contributed by atoms with Crippen LogP contribution in [0, 0.1) is 5.92 Å². The van der Waals surface area contributed by atoms with Gasteiger partial charge >= 0.3 is 5.97 Å². The third kappa shape index (κ3) is 7.26. The minimum Gasteiger partial charge on any atom is -0.480 e. The SMILES string of the molecule is CCCS(=O)(=O)CC(=O)NC(CC(C)C)C(=O)O. The van der Waals surface area contributed by atoms with Gasteiger partial charge in [-0.1, -0.05) is 20.8 Å². The fraction of sp³-hybridized carbons (Fsp3) is 0.818. The molecule has 0 saturated heterocycles. The summed E-state index contributed by atoms with van der Waals surface area (Å²) in [6, 6.07) is -1.03. The second-order valence-corrected chi connectivity index (χ2v) is 6.86. The van der Waals surface area contributed by atoms with Crippen molar-refractivity contribution in [2.24, 2.45) is 5.92 Å². The largest absolute Gasteiger partial charge is 0.480 e. The van der Waals surface area contributed by atoms with Gasteiger partial charge in [-0.25, -0.2) is 13.2 Å². The first-order valence-corrected chi connectivity index (χ1v) is 7.72. The zero-order valence-electron chi connectivity index (χ0n) is 11.0. The maximum atomic E-state index is 11.5. The van der Waals surface area contributed by atoms with E-state index in [0.717, 1.165) is 0 Å². The molecule has 0 heterocycles. The molecular formula is C11H21NO5S. The molecule has 0 rings (SSSR count). The summed E-state index contributed by atoms with van der Waals surface area (Å²) in [6.07, 6.45) is 0.707. The molecule has 0 fully saturated rings. The molecule has 0 aromatic heterocycles. The molecule has 0 saturated carbocycles. The summed E-state index contributed by atoms with van der Waals surface area (Å²) in [7, 11) is -3.44. The number of nitrogens with one attached hydrogen (secondary N) is 1. The van der Waals surface area contributed by atoms with E-state index in [1.165, 1.54) is 0 Å². The van der Waals surface area contributed by atoms with Gasteiger partial charge in [0.15, 0.2) is 9.84 Å². The van der Waals surface area contributed by atoms with Crippen LogP contribution >= 0.6 is 0 Å². The zero-order chi connectivity index (χ0) is 14.3. The van der Waals surface area contributed by atoms with E-state index in [1.807, 2.05) is 13.8 Å². The Morgan fingerprint density at radius 3 is 2.22 bits per heavy atom. The van der Waals surface area contributed by atoms with Crippen LogP contribution in [0.4, 0.5) is 0 Å². The molecule has 6 nitrogen and oxygen atoms in total. The summed E-state index contributed by atoms with van der Waals surface area (Å²) in [5, 5.41) is 11.2. The average Bonchev–Trinajstić information content (AvgIpc) is 2.14. The lowest BCUT2D eigenvalue weighted by Gasteiger charge is -2.16. The van der Waals surface area contributed by atoms with Gasteiger partial charge < -0.3 is 10.4 Å². The van der Waals surface area contributed by atoms with Crippen molar-refractivity contribution in [3.63, 3.8) is 0 Å². The molecular weight excluding hydrogens is 258 g/mol. The molecule has 2 N–H and O–H groups in total. The fourth-order valence-electron chi connectivity index (χ4n) is 1.51. The van der Waals surface area contributed by atoms with Crippen molar-refractivity contribution in [1.82, 2.24) is 5.32 Å². The molecule has 0 bridgehead atoms. The van der Waals surface area contributed by atoms with Crippen molar-refractivity contribution in [2.75, 3.05) is 11.5 Å². The van der Waals surface area contributed by atoms with Crippen LogP contribution in [0.1, 0.15) is 33.6 Å². The smallest absolute Gasteiger partial charge is 0.326 e. The third-order valence-corrected chi connectivity index (χ3v) is 3.94. The van der Waals surface area contributed by atoms with Crippen LogP contribution in [0.25, 0.3) is 0 Å². The molecule has 106 valence electrons. The van der Waals surface area contributed by atoms with Crippen LogP contribution in [0.5, 0.6) is 0 Å². The van der Waals surface area contributed by atoms with Crippen molar-refractivity contribution in [3.8, 4) is 0 Å². The van der Waals surface area contributed by atoms with Gasteiger partial charge in [-0.3, -0.25) is 4.79 Å². The minimum absolute atomic E-state index is 0.0671. The van der Waals surface area contributed by atoms with Gasteiger partial charge in [-0.05, 0) is 18.8 Å². The Morgan fingerprint density at radius 2 is 1.83 bits per heavy atom. The van der Waals surface area contributed by atoms with Crippen LogP contribution in [0.3, 0.4) is 0 Å². The quantitative estimate of drug-likeness (QED) is 0.671. The molecule has 7 heteroatoms. The van der Waals surface area contributed by atoms with Crippen molar-refractivity contribution in [1.29, 1.82) is 0 Å². The Hall–Kier alpha value is -1.11. The molecule has 0 aliphatic rings. The van der Waals surface area contributed by atoms with Gasteiger partial charge in [-0.2, -0.15) is 0 Å². The first kappa shape index (κ1) is 16.9. The Balaban J connectivity index is 4.48. The Kier molecular flexibility index (Phi) is 6.90. The molecule has 18 heavy (non-hydrogen) atoms. The highest BCUT2D eigenvalue weighted by molar-refractivity contribution is 7.92. The lowest BCUT2D eigenvalue weighted by Crippen LogP contribution is -2.44. The number of amides is 1. The first-order chi connectivity index (χ1) is 8.18. The number of hydrogen-bond acceptors (Lipinski definition) is 4. The number of aliphatic carboxylic acids is 1. The highest BCUT2D eigenvalue weighted by Crippen LogP contribution is 2.05. The van der Waals surface area contributed by atoms with E-state index >= 15 is 0 Å². The van der Waals surface area contributed by atoms with Crippen molar-refractivity contribution < 1.29 is 23.1 Å². The lowest BCUT2D eigenvalue weighted by molar-refractivity contribution is -0.141. The predicted octanol–water partition coefficient (Wildman–Crippen LogP) is 0.427. The van der Waals surface area contributed by atoms with Crippen LogP contribution in [-0.4, -0.2) is 42.9 Å². The second-order valence-electron chi connectivity index (χ2n) is 4.68. The topological polar surface area (TPSA) is 101 Å². The molecule has 0 aliphatic carbocycles. The summed E-state index contributed by atoms with van der Waals surface area (Å²) in [5.41, 5.74) is 0. The Morgan fingerprint density at radius 1 is 1.28 bits per heavy atom. The maximum Gasteiger partial charge on any atom is 0.326 e. The minimum atomic E-state index is -3.44. The van der Waals surface area contributed by atoms with Gasteiger partial charge in [0.2, 0.25) is 5.91 Å². The summed E-state index contributed by atoms with van der Waals surface area (Å²) in [6.45, 7) is 5.36. The average molecular weight is 279 g/mol. The lowest BCUT2D eigenvalue weighted by atomic mass is 10.0. The fourth-order valence-corrected chi connectivity index (χ4v) is 2.76. The zero-order valence-corrected chi connectivity index (χ0v) is 11.8. The van der Waals surface area contributed by atoms with Gasteiger partial charge in [-0.15, -0.1) is 0 Å². The maximum absolute atomic E-state index is 11.5. The standard InChI is InChI=1S/C11H21NO5S/c1-4-5-18(16,17)7-10(13)12-9(11(14)15)6-8(2)3/h8-9H,4-7H2,1-3H3,(H,12,13)(H,14,15). The van der Waals surface area contributed by atoms with E-state index in [4.69, 9.17) is 5.11 Å². The number of carbonyl (C=O) groups is 2. The molecule has 0 aromatic rings. The summed E-state index contributed by atoms with van der Waals surface area (Å²) < 4.78 is 22.8. The first-order valence-electron chi connectivity index (χ1n) is 5.90. The van der Waals surface area contributed by atoms with E-state index in [0.29, 0.717) is 6.42 Å². The second kappa shape index (κ2) is 7.35. The Bertz CT molecular complexity index is 388. The van der Waals surface area contributed by atoms with Crippen molar-refractivity contribution >= 4 is 21.7 Å². The number of rotatable bonds is 8. The molecule has 0 radical (unpaired) electrons. The van der Waals surface area contributed by atoms with Gasteiger partial charge in [0.1, 0.15) is 11.8 Å². The monoisotopic (exact) mass is 279 g/mol. The van der Waals surface area contributed by atoms with Crippen molar-refractivity contribution in [2.45, 2.75) is 39.7 Å². The molecule has 1 amide bonds. The third-order valence-electron chi connectivity index (χ3n) is 2.21. The van der Waals surface area contributed by atoms with Gasteiger partial charge in [0, 0.05) is 0 Å². The van der Waals surface area contributed by atoms with E-state index in [-0.39, 0.29) is 18.1 Å². The number of hydrogen-bond donors (Lipinski definition) is 2. The normalized spacial score (nSPS) is 13.3. The molecule has 1 atom stereocenters. The molecule has 0 aliphatic heterocycles. The number of carbonyl (C=O) groups excluding carboxylic acids is 1. The summed E-state index contributed by atoms with van der Waals surface area (Å²) in [5.74, 6) is -2.52.